The molecule has 0 aliphatic heterocycles. The topological polar surface area (TPSA) is 75.2 Å². The molecule has 2 N–H and O–H groups in total. The zero-order chi connectivity index (χ0) is 9.84. The minimum absolute atomic E-state index is 0.0626. The van der Waals surface area contributed by atoms with Crippen LogP contribution in [0.25, 0.3) is 0 Å². The van der Waals surface area contributed by atoms with Crippen molar-refractivity contribution in [2.45, 2.75) is 26.6 Å². The minimum atomic E-state index is -0.380. The van der Waals surface area contributed by atoms with Crippen molar-refractivity contribution in [3.05, 3.63) is 22.2 Å². The van der Waals surface area contributed by atoms with E-state index in [0.29, 0.717) is 5.82 Å². The molecule has 0 saturated heterocycles. The first-order valence-corrected chi connectivity index (χ1v) is 3.98. The average Bonchev–Trinajstić information content (AvgIpc) is 1.99. The van der Waals surface area contributed by atoms with E-state index in [9.17, 15) is 4.79 Å². The molecule has 5 nitrogen and oxygen atoms in total. The quantitative estimate of drug-likeness (QED) is 0.713. The molecule has 0 aliphatic carbocycles. The number of hydrogen-bond donors (Lipinski definition) is 2. The van der Waals surface area contributed by atoms with Crippen LogP contribution in [0.5, 0.6) is 5.88 Å². The Hall–Kier alpha value is -1.36. The molecule has 0 bridgehead atoms. The lowest BCUT2D eigenvalue weighted by Gasteiger charge is -2.05. The lowest BCUT2D eigenvalue weighted by molar-refractivity contribution is 0.0608. The molecule has 0 spiro atoms. The van der Waals surface area contributed by atoms with Gasteiger partial charge in [-0.05, 0) is 13.8 Å². The number of H-pyrrole nitrogens is 1. The highest BCUT2D eigenvalue weighted by atomic mass is 16.5. The van der Waals surface area contributed by atoms with E-state index in [4.69, 9.17) is 9.84 Å². The van der Waals surface area contributed by atoms with Crippen molar-refractivity contribution < 1.29 is 9.84 Å². The summed E-state index contributed by atoms with van der Waals surface area (Å²) in [6.07, 6.45) is 0.0626. The highest BCUT2D eigenvalue weighted by molar-refractivity contribution is 5.05. The van der Waals surface area contributed by atoms with E-state index in [-0.39, 0.29) is 24.2 Å². The van der Waals surface area contributed by atoms with Gasteiger partial charge < -0.3 is 14.8 Å². The number of hydrogen-bond acceptors (Lipinski definition) is 4. The summed E-state index contributed by atoms with van der Waals surface area (Å²) in [5, 5.41) is 8.97. The van der Waals surface area contributed by atoms with E-state index < -0.39 is 0 Å². The van der Waals surface area contributed by atoms with E-state index in [2.05, 4.69) is 9.97 Å². The second-order valence-electron chi connectivity index (χ2n) is 2.91. The van der Waals surface area contributed by atoms with Crippen molar-refractivity contribution in [2.24, 2.45) is 0 Å². The van der Waals surface area contributed by atoms with Crippen molar-refractivity contribution in [2.75, 3.05) is 0 Å². The maximum atomic E-state index is 10.8. The van der Waals surface area contributed by atoms with Gasteiger partial charge in [-0.2, -0.15) is 4.98 Å². The highest BCUT2D eigenvalue weighted by Crippen LogP contribution is 2.00. The first kappa shape index (κ1) is 9.73. The molecule has 0 aromatic carbocycles. The van der Waals surface area contributed by atoms with Gasteiger partial charge in [0.15, 0.2) is 0 Å². The minimum Gasteiger partial charge on any atom is -0.493 e. The summed E-state index contributed by atoms with van der Waals surface area (Å²) >= 11 is 0. The fourth-order valence-corrected chi connectivity index (χ4v) is 0.808. The molecule has 0 fully saturated rings. The predicted octanol–water partition coefficient (Wildman–Crippen LogP) is 0.400. The van der Waals surface area contributed by atoms with Gasteiger partial charge in [-0.15, -0.1) is 0 Å². The van der Waals surface area contributed by atoms with Crippen LogP contribution in [0.3, 0.4) is 0 Å². The molecule has 1 heterocycles. The lowest BCUT2D eigenvalue weighted by atomic mass is 10.5. The van der Waals surface area contributed by atoms with Crippen LogP contribution in [0.15, 0.2) is 10.9 Å². The first-order chi connectivity index (χ1) is 6.08. The second kappa shape index (κ2) is 4.04. The van der Waals surface area contributed by atoms with Crippen LogP contribution in [0.2, 0.25) is 0 Å². The van der Waals surface area contributed by atoms with Crippen molar-refractivity contribution in [3.8, 4) is 5.88 Å². The van der Waals surface area contributed by atoms with Crippen molar-refractivity contribution in [3.63, 3.8) is 0 Å². The zero-order valence-electron chi connectivity index (χ0n) is 7.57. The van der Waals surface area contributed by atoms with Crippen LogP contribution >= 0.6 is 0 Å². The van der Waals surface area contributed by atoms with E-state index in [0.717, 1.165) is 6.07 Å². The fraction of sp³-hybridized carbons (Fsp3) is 0.500. The van der Waals surface area contributed by atoms with Crippen LogP contribution in [-0.2, 0) is 11.3 Å². The van der Waals surface area contributed by atoms with Crippen LogP contribution in [0, 0.1) is 0 Å². The number of rotatable bonds is 3. The van der Waals surface area contributed by atoms with Crippen LogP contribution in [0.1, 0.15) is 19.7 Å². The Morgan fingerprint density at radius 3 is 2.92 bits per heavy atom. The number of aromatic amines is 1. The standard InChI is InChI=1S/C8H12N2O3/c1-5(2)13-4-6-9-7(11)3-8(12)10-6/h3,5H,4H2,1-2H3,(H2,9,10,11,12). The van der Waals surface area contributed by atoms with Crippen LogP contribution in [0.4, 0.5) is 0 Å². The molecular weight excluding hydrogens is 172 g/mol. The monoisotopic (exact) mass is 184 g/mol. The van der Waals surface area contributed by atoms with E-state index >= 15 is 0 Å². The molecular formula is C8H12N2O3. The van der Waals surface area contributed by atoms with Gasteiger partial charge in [0.25, 0.3) is 5.56 Å². The van der Waals surface area contributed by atoms with Gasteiger partial charge in [-0.3, -0.25) is 4.79 Å². The summed E-state index contributed by atoms with van der Waals surface area (Å²) in [5.41, 5.74) is -0.380. The first-order valence-electron chi connectivity index (χ1n) is 3.98. The smallest absolute Gasteiger partial charge is 0.254 e. The van der Waals surface area contributed by atoms with Crippen LogP contribution in [-0.4, -0.2) is 21.2 Å². The molecule has 1 aromatic heterocycles. The molecule has 0 atom stereocenters. The summed E-state index contributed by atoms with van der Waals surface area (Å²) in [6, 6.07) is 1.01. The van der Waals surface area contributed by atoms with Crippen molar-refractivity contribution >= 4 is 0 Å². The second-order valence-corrected chi connectivity index (χ2v) is 2.91. The maximum absolute atomic E-state index is 10.8. The van der Waals surface area contributed by atoms with Crippen LogP contribution < -0.4 is 5.56 Å². The number of nitrogens with zero attached hydrogens (tertiary/aromatic N) is 1. The molecule has 1 rings (SSSR count). The van der Waals surface area contributed by atoms with E-state index in [1.807, 2.05) is 13.8 Å². The van der Waals surface area contributed by atoms with Gasteiger partial charge in [-0.1, -0.05) is 0 Å². The normalized spacial score (nSPS) is 10.7. The Balaban J connectivity index is 2.72. The average molecular weight is 184 g/mol. The number of aromatic hydroxyl groups is 1. The van der Waals surface area contributed by atoms with E-state index in [1.165, 1.54) is 0 Å². The summed E-state index contributed by atoms with van der Waals surface area (Å²) in [7, 11) is 0. The molecule has 0 amide bonds. The van der Waals surface area contributed by atoms with Gasteiger partial charge in [-0.25, -0.2) is 0 Å². The number of ether oxygens (including phenoxy) is 1. The molecule has 1 aromatic rings. The summed E-state index contributed by atoms with van der Waals surface area (Å²) in [6.45, 7) is 3.95. The summed E-state index contributed by atoms with van der Waals surface area (Å²) in [5.74, 6) is 0.0461. The third kappa shape index (κ3) is 3.25. The van der Waals surface area contributed by atoms with Gasteiger partial charge >= 0.3 is 0 Å². The predicted molar refractivity (Wildman–Crippen MR) is 46.4 cm³/mol. The Labute approximate surface area is 75.4 Å². The Morgan fingerprint density at radius 2 is 2.38 bits per heavy atom. The van der Waals surface area contributed by atoms with E-state index in [1.54, 1.807) is 0 Å². The zero-order valence-corrected chi connectivity index (χ0v) is 7.57. The van der Waals surface area contributed by atoms with Crippen molar-refractivity contribution in [1.82, 2.24) is 9.97 Å². The Bertz CT molecular complexity index is 332. The number of aromatic nitrogens is 2. The van der Waals surface area contributed by atoms with Gasteiger partial charge in [0.1, 0.15) is 12.4 Å². The molecule has 72 valence electrons. The molecule has 13 heavy (non-hydrogen) atoms. The largest absolute Gasteiger partial charge is 0.493 e. The van der Waals surface area contributed by atoms with Gasteiger partial charge in [0.05, 0.1) is 12.2 Å². The molecule has 0 radical (unpaired) electrons. The molecule has 0 unspecified atom stereocenters. The fourth-order valence-electron chi connectivity index (χ4n) is 0.808. The number of nitrogens with one attached hydrogen (secondary N) is 1. The molecule has 5 heteroatoms. The Kier molecular flexibility index (Phi) is 3.02. The maximum Gasteiger partial charge on any atom is 0.254 e. The Morgan fingerprint density at radius 1 is 1.69 bits per heavy atom. The van der Waals surface area contributed by atoms with Gasteiger partial charge in [0, 0.05) is 0 Å². The van der Waals surface area contributed by atoms with Crippen molar-refractivity contribution in [1.29, 1.82) is 0 Å². The lowest BCUT2D eigenvalue weighted by Crippen LogP contribution is -2.12. The molecule has 0 saturated carbocycles. The van der Waals surface area contributed by atoms with Gasteiger partial charge in [0.2, 0.25) is 5.88 Å². The third-order valence-electron chi connectivity index (χ3n) is 1.33. The highest BCUT2D eigenvalue weighted by Gasteiger charge is 2.00. The molecule has 0 aliphatic rings. The summed E-state index contributed by atoms with van der Waals surface area (Å²) < 4.78 is 5.19. The SMILES string of the molecule is CC(C)OCc1nc(O)cc(=O)[nH]1. The third-order valence-corrected chi connectivity index (χ3v) is 1.33. The summed E-state index contributed by atoms with van der Waals surface area (Å²) in [4.78, 5) is 17.0.